The molecular formula is C16H18FNOS. The van der Waals surface area contributed by atoms with E-state index in [0.29, 0.717) is 0 Å². The van der Waals surface area contributed by atoms with Gasteiger partial charge in [0.25, 0.3) is 0 Å². The van der Waals surface area contributed by atoms with Crippen molar-refractivity contribution in [2.45, 2.75) is 31.9 Å². The molecule has 0 amide bonds. The van der Waals surface area contributed by atoms with Gasteiger partial charge in [0.15, 0.2) is 0 Å². The van der Waals surface area contributed by atoms with Crippen LogP contribution >= 0.6 is 11.3 Å². The maximum absolute atomic E-state index is 13.4. The van der Waals surface area contributed by atoms with Crippen LogP contribution in [-0.2, 0) is 6.42 Å². The molecule has 1 N–H and O–H groups in total. The van der Waals surface area contributed by atoms with Crippen molar-refractivity contribution < 1.29 is 9.13 Å². The lowest BCUT2D eigenvalue weighted by atomic mass is 9.96. The maximum Gasteiger partial charge on any atom is 0.135 e. The number of halogens is 1. The Labute approximate surface area is 122 Å². The third-order valence-corrected chi connectivity index (χ3v) is 5.08. The topological polar surface area (TPSA) is 21.3 Å². The minimum Gasteiger partial charge on any atom is -0.484 e. The number of nitrogens with one attached hydrogen (secondary N) is 1. The van der Waals surface area contributed by atoms with Crippen molar-refractivity contribution in [1.82, 2.24) is 5.32 Å². The smallest absolute Gasteiger partial charge is 0.135 e. The van der Waals surface area contributed by atoms with Crippen molar-refractivity contribution >= 4 is 11.3 Å². The van der Waals surface area contributed by atoms with Crippen molar-refractivity contribution in [2.24, 2.45) is 0 Å². The van der Waals surface area contributed by atoms with Crippen LogP contribution < -0.4 is 10.1 Å². The molecule has 0 saturated heterocycles. The second-order valence-corrected chi connectivity index (χ2v) is 6.22. The average Bonchev–Trinajstić information content (AvgIpc) is 2.95. The van der Waals surface area contributed by atoms with Gasteiger partial charge in [0.2, 0.25) is 0 Å². The summed E-state index contributed by atoms with van der Waals surface area (Å²) in [6.07, 6.45) is 1.93. The average molecular weight is 291 g/mol. The Bertz CT molecular complexity index is 610. The summed E-state index contributed by atoms with van der Waals surface area (Å²) in [5, 5.41) is 3.27. The fourth-order valence-corrected chi connectivity index (χ4v) is 3.64. The van der Waals surface area contributed by atoms with Gasteiger partial charge in [-0.15, -0.1) is 11.3 Å². The summed E-state index contributed by atoms with van der Waals surface area (Å²) in [6, 6.07) is 9.20. The van der Waals surface area contributed by atoms with E-state index < -0.39 is 0 Å². The molecule has 2 unspecified atom stereocenters. The Balaban J connectivity index is 1.92. The van der Waals surface area contributed by atoms with Crippen LogP contribution in [0.5, 0.6) is 5.75 Å². The molecular weight excluding hydrogens is 273 g/mol. The molecule has 1 aromatic carbocycles. The Morgan fingerprint density at radius 3 is 2.90 bits per heavy atom. The van der Waals surface area contributed by atoms with E-state index in [1.807, 2.05) is 7.05 Å². The molecule has 1 aliphatic heterocycles. The molecule has 0 fully saturated rings. The molecule has 3 rings (SSSR count). The standard InChI is InChI=1S/C16H18FNOS/c1-3-11-5-7-16(20-11)15-9-13(18-2)12-8-10(17)4-6-14(12)19-15/h4-8,13,15,18H,3,9H2,1-2H3. The van der Waals surface area contributed by atoms with Crippen LogP contribution in [0.3, 0.4) is 0 Å². The summed E-state index contributed by atoms with van der Waals surface area (Å²) in [7, 11) is 1.91. The van der Waals surface area contributed by atoms with Gasteiger partial charge in [0.05, 0.1) is 0 Å². The SMILES string of the molecule is CCc1ccc(C2CC(NC)c3cc(F)ccc3O2)s1. The fraction of sp³-hybridized carbons (Fsp3) is 0.375. The Hall–Kier alpha value is -1.39. The van der Waals surface area contributed by atoms with E-state index in [9.17, 15) is 4.39 Å². The third-order valence-electron chi connectivity index (χ3n) is 3.76. The highest BCUT2D eigenvalue weighted by Crippen LogP contribution is 2.42. The molecule has 2 aromatic rings. The number of ether oxygens (including phenoxy) is 1. The summed E-state index contributed by atoms with van der Waals surface area (Å²) in [5.41, 5.74) is 0.913. The van der Waals surface area contributed by atoms with Crippen molar-refractivity contribution in [3.63, 3.8) is 0 Å². The van der Waals surface area contributed by atoms with Crippen LogP contribution in [0.4, 0.5) is 4.39 Å². The lowest BCUT2D eigenvalue weighted by Gasteiger charge is -2.31. The zero-order valence-electron chi connectivity index (χ0n) is 11.7. The van der Waals surface area contributed by atoms with Crippen LogP contribution in [0.15, 0.2) is 30.3 Å². The highest BCUT2D eigenvalue weighted by atomic mass is 32.1. The van der Waals surface area contributed by atoms with E-state index in [4.69, 9.17) is 4.74 Å². The zero-order valence-corrected chi connectivity index (χ0v) is 12.5. The minimum atomic E-state index is -0.213. The minimum absolute atomic E-state index is 0.0516. The van der Waals surface area contributed by atoms with E-state index in [1.165, 1.54) is 15.8 Å². The van der Waals surface area contributed by atoms with Gasteiger partial charge < -0.3 is 10.1 Å². The van der Waals surface area contributed by atoms with Gasteiger partial charge in [-0.2, -0.15) is 0 Å². The second-order valence-electron chi connectivity index (χ2n) is 5.02. The quantitative estimate of drug-likeness (QED) is 0.913. The van der Waals surface area contributed by atoms with Crippen LogP contribution in [0.2, 0.25) is 0 Å². The molecule has 0 radical (unpaired) electrons. The van der Waals surface area contributed by atoms with Gasteiger partial charge >= 0.3 is 0 Å². The van der Waals surface area contributed by atoms with Gasteiger partial charge in [-0.05, 0) is 43.8 Å². The Morgan fingerprint density at radius 1 is 1.35 bits per heavy atom. The van der Waals surface area contributed by atoms with Crippen molar-refractivity contribution in [1.29, 1.82) is 0 Å². The normalized spacial score (nSPS) is 21.4. The number of benzene rings is 1. The van der Waals surface area contributed by atoms with Crippen LogP contribution in [-0.4, -0.2) is 7.05 Å². The van der Waals surface area contributed by atoms with Crippen LogP contribution in [0.25, 0.3) is 0 Å². The predicted molar refractivity (Wildman–Crippen MR) is 79.9 cm³/mol. The number of hydrogen-bond acceptors (Lipinski definition) is 3. The van der Waals surface area contributed by atoms with Crippen LogP contribution in [0, 0.1) is 5.82 Å². The van der Waals surface area contributed by atoms with Gasteiger partial charge in [-0.25, -0.2) is 4.39 Å². The highest BCUT2D eigenvalue weighted by molar-refractivity contribution is 7.12. The summed E-state index contributed by atoms with van der Waals surface area (Å²) in [4.78, 5) is 2.62. The molecule has 0 spiro atoms. The molecule has 2 atom stereocenters. The molecule has 0 aliphatic carbocycles. The number of rotatable bonds is 3. The van der Waals surface area contributed by atoms with Gasteiger partial charge in [0, 0.05) is 27.8 Å². The lowest BCUT2D eigenvalue weighted by Crippen LogP contribution is -2.26. The summed E-state index contributed by atoms with van der Waals surface area (Å²) in [5.74, 6) is 0.573. The largest absolute Gasteiger partial charge is 0.484 e. The van der Waals surface area contributed by atoms with Crippen molar-refractivity contribution in [3.8, 4) is 5.75 Å². The van der Waals surface area contributed by atoms with Crippen molar-refractivity contribution in [3.05, 3.63) is 51.5 Å². The molecule has 20 heavy (non-hydrogen) atoms. The molecule has 1 aromatic heterocycles. The predicted octanol–water partition coefficient (Wildman–Crippen LogP) is 4.23. The highest BCUT2D eigenvalue weighted by Gasteiger charge is 2.29. The molecule has 2 heterocycles. The fourth-order valence-electron chi connectivity index (χ4n) is 2.65. The zero-order chi connectivity index (χ0) is 14.1. The molecule has 4 heteroatoms. The molecule has 2 nitrogen and oxygen atoms in total. The summed E-state index contributed by atoms with van der Waals surface area (Å²) < 4.78 is 19.5. The van der Waals surface area contributed by atoms with Gasteiger partial charge in [0.1, 0.15) is 17.7 Å². The Kier molecular flexibility index (Phi) is 3.76. The van der Waals surface area contributed by atoms with E-state index in [2.05, 4.69) is 24.4 Å². The Morgan fingerprint density at radius 2 is 2.20 bits per heavy atom. The van der Waals surface area contributed by atoms with E-state index in [1.54, 1.807) is 23.5 Å². The van der Waals surface area contributed by atoms with Gasteiger partial charge in [-0.1, -0.05) is 6.92 Å². The summed E-state index contributed by atoms with van der Waals surface area (Å²) in [6.45, 7) is 2.16. The molecule has 1 aliphatic rings. The molecule has 0 bridgehead atoms. The monoisotopic (exact) mass is 291 g/mol. The number of thiophene rings is 1. The van der Waals surface area contributed by atoms with Gasteiger partial charge in [-0.3, -0.25) is 0 Å². The van der Waals surface area contributed by atoms with Crippen molar-refractivity contribution in [2.75, 3.05) is 7.05 Å². The molecule has 106 valence electrons. The first-order valence-corrected chi connectivity index (χ1v) is 7.75. The maximum atomic E-state index is 13.4. The first kappa shape index (κ1) is 13.6. The summed E-state index contributed by atoms with van der Waals surface area (Å²) >= 11 is 1.80. The number of hydrogen-bond donors (Lipinski definition) is 1. The number of aryl methyl sites for hydroxylation is 1. The third kappa shape index (κ3) is 2.45. The second kappa shape index (κ2) is 5.54. The van der Waals surface area contributed by atoms with E-state index in [0.717, 1.165) is 24.2 Å². The first-order chi connectivity index (χ1) is 9.71. The van der Waals surface area contributed by atoms with Crippen LogP contribution in [0.1, 0.15) is 40.8 Å². The molecule has 0 saturated carbocycles. The first-order valence-electron chi connectivity index (χ1n) is 6.93. The lowest BCUT2D eigenvalue weighted by molar-refractivity contribution is 0.156. The number of fused-ring (bicyclic) bond motifs is 1. The van der Waals surface area contributed by atoms with E-state index >= 15 is 0 Å². The van der Waals surface area contributed by atoms with E-state index in [-0.39, 0.29) is 18.0 Å².